The summed E-state index contributed by atoms with van der Waals surface area (Å²) in [6.45, 7) is 6.51. The van der Waals surface area contributed by atoms with Crippen LogP contribution in [0.15, 0.2) is 0 Å². The van der Waals surface area contributed by atoms with Gasteiger partial charge in [0.1, 0.15) is 5.60 Å². The molecule has 0 aliphatic carbocycles. The molecule has 1 amide bonds. The van der Waals surface area contributed by atoms with Crippen molar-refractivity contribution < 1.29 is 19.1 Å². The van der Waals surface area contributed by atoms with Crippen molar-refractivity contribution >= 4 is 12.1 Å². The first-order valence-electron chi connectivity index (χ1n) is 5.89. The number of rotatable bonds is 1. The van der Waals surface area contributed by atoms with E-state index in [2.05, 4.69) is 0 Å². The first-order valence-corrected chi connectivity index (χ1v) is 5.89. The summed E-state index contributed by atoms with van der Waals surface area (Å²) in [5.74, 6) is -0.473. The van der Waals surface area contributed by atoms with Crippen LogP contribution in [0.5, 0.6) is 0 Å². The highest BCUT2D eigenvalue weighted by Crippen LogP contribution is 2.20. The molecule has 1 heterocycles. The number of carbonyl (C=O) groups excluding carboxylic acids is 2. The Hall–Kier alpha value is -1.26. The molecule has 1 aliphatic heterocycles. The van der Waals surface area contributed by atoms with E-state index in [4.69, 9.17) is 9.47 Å². The molecule has 17 heavy (non-hydrogen) atoms. The van der Waals surface area contributed by atoms with Crippen LogP contribution in [0, 0.1) is 5.92 Å². The lowest BCUT2D eigenvalue weighted by Crippen LogP contribution is -2.44. The van der Waals surface area contributed by atoms with Gasteiger partial charge in [-0.05, 0) is 33.6 Å². The van der Waals surface area contributed by atoms with E-state index in [-0.39, 0.29) is 18.0 Å². The molecular weight excluding hydrogens is 222 g/mol. The Morgan fingerprint density at radius 1 is 1.29 bits per heavy atom. The molecule has 1 fully saturated rings. The lowest BCUT2D eigenvalue weighted by molar-refractivity contribution is -0.147. The minimum absolute atomic E-state index is 0.221. The van der Waals surface area contributed by atoms with E-state index in [1.165, 1.54) is 7.11 Å². The molecule has 0 bridgehead atoms. The third-order valence-corrected chi connectivity index (χ3v) is 2.61. The number of piperidine rings is 1. The van der Waals surface area contributed by atoms with Crippen molar-refractivity contribution in [3.8, 4) is 0 Å². The van der Waals surface area contributed by atoms with E-state index < -0.39 is 5.60 Å². The van der Waals surface area contributed by atoms with Crippen molar-refractivity contribution in [1.29, 1.82) is 0 Å². The van der Waals surface area contributed by atoms with Crippen molar-refractivity contribution in [1.82, 2.24) is 4.90 Å². The second-order valence-corrected chi connectivity index (χ2v) is 5.29. The van der Waals surface area contributed by atoms with Crippen molar-refractivity contribution in [2.75, 3.05) is 20.2 Å². The Morgan fingerprint density at radius 2 is 1.94 bits per heavy atom. The molecule has 0 aromatic carbocycles. The van der Waals surface area contributed by atoms with Gasteiger partial charge in [0, 0.05) is 13.1 Å². The molecule has 1 saturated heterocycles. The molecule has 98 valence electrons. The van der Waals surface area contributed by atoms with Crippen LogP contribution < -0.4 is 0 Å². The second kappa shape index (κ2) is 5.38. The third-order valence-electron chi connectivity index (χ3n) is 2.61. The Morgan fingerprint density at radius 3 is 2.47 bits per heavy atom. The minimum Gasteiger partial charge on any atom is -0.469 e. The van der Waals surface area contributed by atoms with Gasteiger partial charge in [-0.15, -0.1) is 0 Å². The zero-order chi connectivity index (χ0) is 13.1. The fourth-order valence-corrected chi connectivity index (χ4v) is 1.83. The molecule has 0 aromatic rings. The lowest BCUT2D eigenvalue weighted by Gasteiger charge is -2.32. The molecule has 5 nitrogen and oxygen atoms in total. The number of esters is 1. The summed E-state index contributed by atoms with van der Waals surface area (Å²) in [6.07, 6.45) is 1.22. The summed E-state index contributed by atoms with van der Waals surface area (Å²) < 4.78 is 9.97. The number of hydrogen-bond acceptors (Lipinski definition) is 4. The average Bonchev–Trinajstić information content (AvgIpc) is 2.26. The van der Waals surface area contributed by atoms with E-state index in [1.54, 1.807) is 4.90 Å². The Kier molecular flexibility index (Phi) is 4.37. The molecule has 1 rings (SSSR count). The van der Waals surface area contributed by atoms with Crippen LogP contribution in [-0.2, 0) is 14.3 Å². The van der Waals surface area contributed by atoms with Crippen molar-refractivity contribution in [2.45, 2.75) is 39.2 Å². The van der Waals surface area contributed by atoms with Gasteiger partial charge in [-0.2, -0.15) is 0 Å². The highest BCUT2D eigenvalue weighted by molar-refractivity contribution is 5.74. The quantitative estimate of drug-likeness (QED) is 0.659. The van der Waals surface area contributed by atoms with E-state index in [9.17, 15) is 9.59 Å². The van der Waals surface area contributed by atoms with Gasteiger partial charge in [-0.25, -0.2) is 4.79 Å². The van der Waals surface area contributed by atoms with E-state index in [0.717, 1.165) is 12.8 Å². The van der Waals surface area contributed by atoms with Crippen LogP contribution in [0.2, 0.25) is 0 Å². The van der Waals surface area contributed by atoms with Gasteiger partial charge in [0.05, 0.1) is 13.0 Å². The lowest BCUT2D eigenvalue weighted by atomic mass is 9.99. The second-order valence-electron chi connectivity index (χ2n) is 5.29. The molecule has 5 heteroatoms. The number of carbonyl (C=O) groups is 2. The molecule has 0 spiro atoms. The predicted molar refractivity (Wildman–Crippen MR) is 62.5 cm³/mol. The maximum Gasteiger partial charge on any atom is 0.410 e. The van der Waals surface area contributed by atoms with E-state index in [1.807, 2.05) is 20.8 Å². The SMILES string of the molecule is COC(=O)[C@H]1CCCN(C(=O)OC(C)(C)C)C1. The summed E-state index contributed by atoms with van der Waals surface area (Å²) >= 11 is 0. The van der Waals surface area contributed by atoms with Crippen LogP contribution in [0.1, 0.15) is 33.6 Å². The molecule has 1 aliphatic rings. The fourth-order valence-electron chi connectivity index (χ4n) is 1.83. The zero-order valence-corrected chi connectivity index (χ0v) is 11.0. The smallest absolute Gasteiger partial charge is 0.410 e. The Labute approximate surface area is 102 Å². The summed E-state index contributed by atoms with van der Waals surface area (Å²) in [4.78, 5) is 24.8. The minimum atomic E-state index is -0.505. The number of hydrogen-bond donors (Lipinski definition) is 0. The summed E-state index contributed by atoms with van der Waals surface area (Å²) in [5.41, 5.74) is -0.505. The predicted octanol–water partition coefficient (Wildman–Crippen LogP) is 1.81. The summed E-state index contributed by atoms with van der Waals surface area (Å²) in [7, 11) is 1.37. The van der Waals surface area contributed by atoms with Gasteiger partial charge in [-0.3, -0.25) is 4.79 Å². The van der Waals surface area contributed by atoms with Gasteiger partial charge in [0.2, 0.25) is 0 Å². The Bertz CT molecular complexity index is 295. The first-order chi connectivity index (χ1) is 7.83. The normalized spacial score (nSPS) is 20.9. The van der Waals surface area contributed by atoms with E-state index in [0.29, 0.717) is 13.1 Å². The molecule has 0 saturated carbocycles. The Balaban J connectivity index is 2.55. The highest BCUT2D eigenvalue weighted by atomic mass is 16.6. The summed E-state index contributed by atoms with van der Waals surface area (Å²) in [5, 5.41) is 0. The van der Waals surface area contributed by atoms with Crippen molar-refractivity contribution in [2.24, 2.45) is 5.92 Å². The van der Waals surface area contributed by atoms with Crippen LogP contribution in [0.4, 0.5) is 4.79 Å². The largest absolute Gasteiger partial charge is 0.469 e. The molecule has 0 N–H and O–H groups in total. The van der Waals surface area contributed by atoms with Crippen LogP contribution in [-0.4, -0.2) is 42.8 Å². The van der Waals surface area contributed by atoms with Gasteiger partial charge in [-0.1, -0.05) is 0 Å². The zero-order valence-electron chi connectivity index (χ0n) is 11.0. The maximum atomic E-state index is 11.8. The third kappa shape index (κ3) is 4.24. The monoisotopic (exact) mass is 243 g/mol. The molecule has 0 radical (unpaired) electrons. The van der Waals surface area contributed by atoms with Crippen molar-refractivity contribution in [3.05, 3.63) is 0 Å². The van der Waals surface area contributed by atoms with E-state index >= 15 is 0 Å². The number of likely N-dealkylation sites (tertiary alicyclic amines) is 1. The first kappa shape index (κ1) is 13.8. The maximum absolute atomic E-state index is 11.8. The van der Waals surface area contributed by atoms with Gasteiger partial charge >= 0.3 is 12.1 Å². The van der Waals surface area contributed by atoms with Gasteiger partial charge in [0.25, 0.3) is 0 Å². The number of ether oxygens (including phenoxy) is 2. The average molecular weight is 243 g/mol. The standard InChI is InChI=1S/C12H21NO4/c1-12(2,3)17-11(15)13-7-5-6-9(8-13)10(14)16-4/h9H,5-8H2,1-4H3/t9-/m0/s1. The number of methoxy groups -OCH3 is 1. The molecule has 0 unspecified atom stereocenters. The molecule has 1 atom stereocenters. The van der Waals surface area contributed by atoms with Gasteiger partial charge < -0.3 is 14.4 Å². The fraction of sp³-hybridized carbons (Fsp3) is 0.833. The van der Waals surface area contributed by atoms with Crippen LogP contribution in [0.25, 0.3) is 0 Å². The van der Waals surface area contributed by atoms with Crippen LogP contribution in [0.3, 0.4) is 0 Å². The van der Waals surface area contributed by atoms with Crippen molar-refractivity contribution in [3.63, 3.8) is 0 Å². The topological polar surface area (TPSA) is 55.8 Å². The van der Waals surface area contributed by atoms with Crippen LogP contribution >= 0.6 is 0 Å². The number of nitrogens with zero attached hydrogens (tertiary/aromatic N) is 1. The number of amides is 1. The highest BCUT2D eigenvalue weighted by Gasteiger charge is 2.31. The molecular formula is C12H21NO4. The molecule has 0 aromatic heterocycles. The van der Waals surface area contributed by atoms with Gasteiger partial charge in [0.15, 0.2) is 0 Å². The summed E-state index contributed by atoms with van der Waals surface area (Å²) in [6, 6.07) is 0.